The summed E-state index contributed by atoms with van der Waals surface area (Å²) in [5.74, 6) is 0.628. The minimum absolute atomic E-state index is 0.0478. The van der Waals surface area contributed by atoms with Gasteiger partial charge in [0.25, 0.3) is 0 Å². The zero-order valence-electron chi connectivity index (χ0n) is 11.5. The molecule has 4 nitrogen and oxygen atoms in total. The monoisotopic (exact) mass is 294 g/mol. The first-order chi connectivity index (χ1) is 9.69. The van der Waals surface area contributed by atoms with E-state index >= 15 is 0 Å². The normalized spacial score (nSPS) is 22.5. The zero-order valence-corrected chi connectivity index (χ0v) is 12.3. The average molecular weight is 295 g/mol. The smallest absolute Gasteiger partial charge is 0.246 e. The highest BCUT2D eigenvalue weighted by Crippen LogP contribution is 2.39. The Labute approximate surface area is 123 Å². The molecule has 1 amide bonds. The standard InChI is InChI=1S/C15H19ClN2O2/c1-17-14-10-7-11(16)13(8-12(10)18-15(14)19)20-9-5-3-2-4-6-9/h7-9,14,17H,2-6H2,1H3,(H,18,19). The highest BCUT2D eigenvalue weighted by atomic mass is 35.5. The number of hydrogen-bond acceptors (Lipinski definition) is 3. The number of carbonyl (C=O) groups is 1. The van der Waals surface area contributed by atoms with E-state index in [9.17, 15) is 4.79 Å². The molecule has 0 aromatic heterocycles. The molecule has 20 heavy (non-hydrogen) atoms. The van der Waals surface area contributed by atoms with E-state index in [0.29, 0.717) is 10.8 Å². The summed E-state index contributed by atoms with van der Waals surface area (Å²) >= 11 is 6.31. The second-order valence-electron chi connectivity index (χ2n) is 5.46. The van der Waals surface area contributed by atoms with Crippen LogP contribution in [-0.4, -0.2) is 19.1 Å². The predicted molar refractivity (Wildman–Crippen MR) is 79.4 cm³/mol. The molecule has 1 aromatic rings. The van der Waals surface area contributed by atoms with Crippen LogP contribution in [-0.2, 0) is 4.79 Å². The largest absolute Gasteiger partial charge is 0.489 e. The lowest BCUT2D eigenvalue weighted by molar-refractivity contribution is -0.117. The van der Waals surface area contributed by atoms with Gasteiger partial charge in [0.05, 0.1) is 11.1 Å². The summed E-state index contributed by atoms with van der Waals surface area (Å²) in [5, 5.41) is 6.42. The number of fused-ring (bicyclic) bond motifs is 1. The van der Waals surface area contributed by atoms with Crippen molar-refractivity contribution in [3.05, 3.63) is 22.7 Å². The number of hydrogen-bond donors (Lipinski definition) is 2. The van der Waals surface area contributed by atoms with Gasteiger partial charge >= 0.3 is 0 Å². The Hall–Kier alpha value is -1.26. The summed E-state index contributed by atoms with van der Waals surface area (Å²) < 4.78 is 6.01. The third-order valence-electron chi connectivity index (χ3n) is 4.07. The van der Waals surface area contributed by atoms with Crippen LogP contribution >= 0.6 is 11.6 Å². The molecular weight excluding hydrogens is 276 g/mol. The molecule has 1 aliphatic carbocycles. The van der Waals surface area contributed by atoms with E-state index in [1.807, 2.05) is 12.1 Å². The van der Waals surface area contributed by atoms with Crippen molar-refractivity contribution in [1.29, 1.82) is 0 Å². The summed E-state index contributed by atoms with van der Waals surface area (Å²) in [5.41, 5.74) is 1.68. The molecule has 1 atom stereocenters. The Balaban J connectivity index is 1.83. The van der Waals surface area contributed by atoms with Gasteiger partial charge in [0.1, 0.15) is 11.8 Å². The Morgan fingerprint density at radius 2 is 2.05 bits per heavy atom. The molecule has 2 N–H and O–H groups in total. The topological polar surface area (TPSA) is 50.4 Å². The quantitative estimate of drug-likeness (QED) is 0.899. The van der Waals surface area contributed by atoms with Gasteiger partial charge in [-0.2, -0.15) is 0 Å². The van der Waals surface area contributed by atoms with E-state index in [2.05, 4.69) is 10.6 Å². The molecule has 0 radical (unpaired) electrons. The van der Waals surface area contributed by atoms with Gasteiger partial charge < -0.3 is 15.4 Å². The lowest BCUT2D eigenvalue weighted by Crippen LogP contribution is -2.23. The van der Waals surface area contributed by atoms with Crippen LogP contribution in [0.15, 0.2) is 12.1 Å². The van der Waals surface area contributed by atoms with Crippen molar-refractivity contribution in [2.24, 2.45) is 0 Å². The minimum atomic E-state index is -0.328. The number of rotatable bonds is 3. The molecule has 1 heterocycles. The average Bonchev–Trinajstić information content (AvgIpc) is 2.75. The van der Waals surface area contributed by atoms with Gasteiger partial charge in [0.2, 0.25) is 5.91 Å². The van der Waals surface area contributed by atoms with E-state index in [1.54, 1.807) is 7.05 Å². The molecule has 5 heteroatoms. The van der Waals surface area contributed by atoms with Crippen molar-refractivity contribution >= 4 is 23.2 Å². The second kappa shape index (κ2) is 5.62. The van der Waals surface area contributed by atoms with Gasteiger partial charge in [-0.3, -0.25) is 4.79 Å². The van der Waals surface area contributed by atoms with Crippen molar-refractivity contribution in [2.45, 2.75) is 44.2 Å². The Morgan fingerprint density at radius 3 is 2.75 bits per heavy atom. The molecule has 1 unspecified atom stereocenters. The van der Waals surface area contributed by atoms with E-state index in [0.717, 1.165) is 24.1 Å². The van der Waals surface area contributed by atoms with Gasteiger partial charge in [-0.15, -0.1) is 0 Å². The highest BCUT2D eigenvalue weighted by Gasteiger charge is 2.30. The van der Waals surface area contributed by atoms with E-state index in [4.69, 9.17) is 16.3 Å². The molecule has 0 spiro atoms. The maximum Gasteiger partial charge on any atom is 0.246 e. The van der Waals surface area contributed by atoms with E-state index < -0.39 is 0 Å². The van der Waals surface area contributed by atoms with Crippen LogP contribution in [0.4, 0.5) is 5.69 Å². The summed E-state index contributed by atoms with van der Waals surface area (Å²) in [6, 6.07) is 3.35. The number of nitrogens with one attached hydrogen (secondary N) is 2. The van der Waals surface area contributed by atoms with Crippen LogP contribution in [0.3, 0.4) is 0 Å². The Kier molecular flexibility index (Phi) is 3.85. The number of halogens is 1. The van der Waals surface area contributed by atoms with E-state index in [1.165, 1.54) is 19.3 Å². The first kappa shape index (κ1) is 13.7. The Bertz CT molecular complexity index is 527. The van der Waals surface area contributed by atoms with Crippen LogP contribution in [0, 0.1) is 0 Å². The molecular formula is C15H19ClN2O2. The fourth-order valence-corrected chi connectivity index (χ4v) is 3.22. The highest BCUT2D eigenvalue weighted by molar-refractivity contribution is 6.32. The molecule has 1 aliphatic heterocycles. The van der Waals surface area contributed by atoms with Crippen LogP contribution in [0.5, 0.6) is 5.75 Å². The van der Waals surface area contributed by atoms with Crippen molar-refractivity contribution in [3.63, 3.8) is 0 Å². The van der Waals surface area contributed by atoms with Crippen molar-refractivity contribution in [2.75, 3.05) is 12.4 Å². The maximum atomic E-state index is 11.8. The fraction of sp³-hybridized carbons (Fsp3) is 0.533. The summed E-state index contributed by atoms with van der Waals surface area (Å²) in [4.78, 5) is 11.8. The maximum absolute atomic E-state index is 11.8. The first-order valence-electron chi connectivity index (χ1n) is 7.17. The summed E-state index contributed by atoms with van der Waals surface area (Å²) in [7, 11) is 1.76. The molecule has 0 bridgehead atoms. The number of likely N-dealkylation sites (N-methyl/N-ethyl adjacent to an activating group) is 1. The Morgan fingerprint density at radius 1 is 1.30 bits per heavy atom. The van der Waals surface area contributed by atoms with Gasteiger partial charge in [-0.05, 0) is 38.8 Å². The fourth-order valence-electron chi connectivity index (χ4n) is 3.00. The first-order valence-corrected chi connectivity index (χ1v) is 7.55. The zero-order chi connectivity index (χ0) is 14.1. The SMILES string of the molecule is CNC1C(=O)Nc2cc(OC3CCCCC3)c(Cl)cc21. The lowest BCUT2D eigenvalue weighted by Gasteiger charge is -2.24. The van der Waals surface area contributed by atoms with Crippen molar-refractivity contribution in [3.8, 4) is 5.75 Å². The number of anilines is 1. The van der Waals surface area contributed by atoms with Gasteiger partial charge in [0, 0.05) is 17.3 Å². The van der Waals surface area contributed by atoms with Gasteiger partial charge in [-0.1, -0.05) is 18.0 Å². The molecule has 108 valence electrons. The molecule has 0 saturated heterocycles. The van der Waals surface area contributed by atoms with Gasteiger partial charge in [-0.25, -0.2) is 0 Å². The van der Waals surface area contributed by atoms with Gasteiger partial charge in [0.15, 0.2) is 0 Å². The number of amides is 1. The molecule has 2 aliphatic rings. The predicted octanol–water partition coefficient (Wildman–Crippen LogP) is 3.26. The van der Waals surface area contributed by atoms with Crippen LogP contribution in [0.2, 0.25) is 5.02 Å². The minimum Gasteiger partial charge on any atom is -0.489 e. The lowest BCUT2D eigenvalue weighted by atomic mass is 9.98. The third kappa shape index (κ3) is 2.50. The second-order valence-corrected chi connectivity index (χ2v) is 5.87. The van der Waals surface area contributed by atoms with Crippen molar-refractivity contribution in [1.82, 2.24) is 5.32 Å². The summed E-state index contributed by atoms with van der Waals surface area (Å²) in [6.45, 7) is 0. The van der Waals surface area contributed by atoms with Crippen LogP contribution < -0.4 is 15.4 Å². The number of ether oxygens (including phenoxy) is 1. The van der Waals surface area contributed by atoms with Crippen molar-refractivity contribution < 1.29 is 9.53 Å². The molecule has 1 saturated carbocycles. The molecule has 1 fully saturated rings. The number of benzene rings is 1. The van der Waals surface area contributed by atoms with Crippen LogP contribution in [0.25, 0.3) is 0 Å². The molecule has 1 aromatic carbocycles. The van der Waals surface area contributed by atoms with Crippen LogP contribution in [0.1, 0.15) is 43.7 Å². The third-order valence-corrected chi connectivity index (χ3v) is 4.36. The number of carbonyl (C=O) groups excluding carboxylic acids is 1. The van der Waals surface area contributed by atoms with E-state index in [-0.39, 0.29) is 18.1 Å². The summed E-state index contributed by atoms with van der Waals surface area (Å²) in [6.07, 6.45) is 6.13. The molecule has 3 rings (SSSR count).